The molecule has 0 saturated carbocycles. The molecule has 0 spiro atoms. The molecule has 0 aliphatic rings. The van der Waals surface area contributed by atoms with E-state index in [0.29, 0.717) is 6.54 Å². The number of thiophene rings is 2. The highest BCUT2D eigenvalue weighted by Gasteiger charge is 2.06. The van der Waals surface area contributed by atoms with Gasteiger partial charge in [-0.05, 0) is 36.9 Å². The minimum atomic E-state index is 0.0367. The van der Waals surface area contributed by atoms with Crippen molar-refractivity contribution in [3.05, 3.63) is 44.3 Å². The van der Waals surface area contributed by atoms with E-state index in [1.54, 1.807) is 11.3 Å². The summed E-state index contributed by atoms with van der Waals surface area (Å²) < 4.78 is 0. The number of rotatable bonds is 4. The minimum absolute atomic E-state index is 0.0367. The Bertz CT molecular complexity index is 459. The fourth-order valence-corrected chi connectivity index (χ4v) is 2.89. The zero-order chi connectivity index (χ0) is 11.4. The van der Waals surface area contributed by atoms with Crippen LogP contribution in [0.1, 0.15) is 19.4 Å². The van der Waals surface area contributed by atoms with Gasteiger partial charge in [0, 0.05) is 16.3 Å². The van der Waals surface area contributed by atoms with Crippen LogP contribution in [-0.4, -0.2) is 12.5 Å². The van der Waals surface area contributed by atoms with Gasteiger partial charge in [-0.15, -0.1) is 22.7 Å². The van der Waals surface area contributed by atoms with Crippen molar-refractivity contribution in [2.75, 3.05) is 6.54 Å². The summed E-state index contributed by atoms with van der Waals surface area (Å²) >= 11 is 3.26. The van der Waals surface area contributed by atoms with Crippen LogP contribution in [0.5, 0.6) is 0 Å². The molecular formula is C12H13NOS2. The highest BCUT2D eigenvalue weighted by molar-refractivity contribution is 7.13. The van der Waals surface area contributed by atoms with Crippen LogP contribution in [0.2, 0.25) is 0 Å². The Morgan fingerprint density at radius 1 is 1.38 bits per heavy atom. The lowest BCUT2D eigenvalue weighted by Gasteiger charge is -2.01. The van der Waals surface area contributed by atoms with E-state index in [4.69, 9.17) is 0 Å². The summed E-state index contributed by atoms with van der Waals surface area (Å²) in [5.41, 5.74) is 0. The summed E-state index contributed by atoms with van der Waals surface area (Å²) in [4.78, 5) is 15.0. The molecule has 0 aromatic carbocycles. The molecule has 4 heteroatoms. The third-order valence-corrected chi connectivity index (χ3v) is 4.14. The van der Waals surface area contributed by atoms with Crippen molar-refractivity contribution in [1.29, 1.82) is 0 Å². The molecule has 0 radical (unpaired) electrons. The van der Waals surface area contributed by atoms with Crippen molar-refractivity contribution in [2.45, 2.75) is 13.3 Å². The number of carbonyl (C=O) groups is 1. The molecule has 0 fully saturated rings. The summed E-state index contributed by atoms with van der Waals surface area (Å²) in [6.45, 7) is 2.71. The van der Waals surface area contributed by atoms with Crippen LogP contribution >= 0.6 is 22.7 Å². The Morgan fingerprint density at radius 2 is 2.25 bits per heavy atom. The third-order valence-electron chi connectivity index (χ3n) is 2.20. The van der Waals surface area contributed by atoms with Gasteiger partial charge >= 0.3 is 0 Å². The standard InChI is InChI=1S/C12H13NOS2/c1-9-4-5-11(16-9)12(14)13-7-6-10-3-2-8-15-10/h2-5,8H,6-7H2,1H3,(H,13,14). The molecule has 2 nitrogen and oxygen atoms in total. The summed E-state index contributed by atoms with van der Waals surface area (Å²) in [6, 6.07) is 7.97. The van der Waals surface area contributed by atoms with Gasteiger partial charge in [0.1, 0.15) is 0 Å². The Labute approximate surface area is 103 Å². The Kier molecular flexibility index (Phi) is 3.74. The van der Waals surface area contributed by atoms with E-state index in [1.165, 1.54) is 21.1 Å². The molecule has 0 bridgehead atoms. The van der Waals surface area contributed by atoms with Gasteiger partial charge in [-0.1, -0.05) is 6.07 Å². The van der Waals surface area contributed by atoms with Crippen molar-refractivity contribution < 1.29 is 4.79 Å². The van der Waals surface area contributed by atoms with Crippen molar-refractivity contribution in [3.63, 3.8) is 0 Å². The van der Waals surface area contributed by atoms with E-state index >= 15 is 0 Å². The van der Waals surface area contributed by atoms with Crippen LogP contribution in [0.3, 0.4) is 0 Å². The molecule has 2 aromatic rings. The maximum absolute atomic E-state index is 11.7. The fourth-order valence-electron chi connectivity index (χ4n) is 1.40. The van der Waals surface area contributed by atoms with Crippen molar-refractivity contribution in [1.82, 2.24) is 5.32 Å². The third kappa shape index (κ3) is 2.93. The van der Waals surface area contributed by atoms with Crippen molar-refractivity contribution >= 4 is 28.6 Å². The normalized spacial score (nSPS) is 10.3. The van der Waals surface area contributed by atoms with Crippen molar-refractivity contribution in [2.24, 2.45) is 0 Å². The summed E-state index contributed by atoms with van der Waals surface area (Å²) in [6.07, 6.45) is 0.910. The molecule has 0 unspecified atom stereocenters. The first-order valence-corrected chi connectivity index (χ1v) is 6.82. The second kappa shape index (κ2) is 5.27. The number of nitrogens with one attached hydrogen (secondary N) is 1. The first kappa shape index (κ1) is 11.4. The van der Waals surface area contributed by atoms with Gasteiger partial charge in [-0.25, -0.2) is 0 Å². The Balaban J connectivity index is 1.80. The second-order valence-electron chi connectivity index (χ2n) is 3.50. The molecule has 0 atom stereocenters. The molecule has 2 heterocycles. The quantitative estimate of drug-likeness (QED) is 0.889. The maximum atomic E-state index is 11.7. The van der Waals surface area contributed by atoms with Crippen LogP contribution < -0.4 is 5.32 Å². The summed E-state index contributed by atoms with van der Waals surface area (Å²) in [7, 11) is 0. The van der Waals surface area contributed by atoms with Gasteiger partial charge in [0.15, 0.2) is 0 Å². The molecule has 16 heavy (non-hydrogen) atoms. The number of hydrogen-bond acceptors (Lipinski definition) is 3. The van der Waals surface area contributed by atoms with Crippen LogP contribution in [0.25, 0.3) is 0 Å². The minimum Gasteiger partial charge on any atom is -0.351 e. The molecule has 2 rings (SSSR count). The molecule has 0 aliphatic heterocycles. The van der Waals surface area contributed by atoms with E-state index in [0.717, 1.165) is 11.3 Å². The lowest BCUT2D eigenvalue weighted by atomic mass is 10.3. The van der Waals surface area contributed by atoms with Gasteiger partial charge in [0.2, 0.25) is 0 Å². The van der Waals surface area contributed by atoms with E-state index in [-0.39, 0.29) is 5.91 Å². The maximum Gasteiger partial charge on any atom is 0.261 e. The van der Waals surface area contributed by atoms with Gasteiger partial charge < -0.3 is 5.32 Å². The lowest BCUT2D eigenvalue weighted by molar-refractivity contribution is 0.0958. The van der Waals surface area contributed by atoms with Crippen LogP contribution in [0.15, 0.2) is 29.6 Å². The van der Waals surface area contributed by atoms with Crippen LogP contribution in [-0.2, 0) is 6.42 Å². The Morgan fingerprint density at radius 3 is 2.88 bits per heavy atom. The number of hydrogen-bond donors (Lipinski definition) is 1. The zero-order valence-corrected chi connectivity index (χ0v) is 10.7. The average molecular weight is 251 g/mol. The zero-order valence-electron chi connectivity index (χ0n) is 9.03. The molecule has 1 N–H and O–H groups in total. The first-order chi connectivity index (χ1) is 7.75. The molecule has 0 aliphatic carbocycles. The van der Waals surface area contributed by atoms with E-state index in [2.05, 4.69) is 16.8 Å². The SMILES string of the molecule is Cc1ccc(C(=O)NCCc2cccs2)s1. The van der Waals surface area contributed by atoms with Gasteiger partial charge in [-0.2, -0.15) is 0 Å². The first-order valence-electron chi connectivity index (χ1n) is 5.13. The fraction of sp³-hybridized carbons (Fsp3) is 0.250. The van der Waals surface area contributed by atoms with Gasteiger partial charge in [0.05, 0.1) is 4.88 Å². The van der Waals surface area contributed by atoms with Crippen LogP contribution in [0.4, 0.5) is 0 Å². The second-order valence-corrected chi connectivity index (χ2v) is 5.82. The molecule has 84 valence electrons. The predicted octanol–water partition coefficient (Wildman–Crippen LogP) is 3.09. The molecular weight excluding hydrogens is 238 g/mol. The van der Waals surface area contributed by atoms with E-state index in [9.17, 15) is 4.79 Å². The average Bonchev–Trinajstić information content (AvgIpc) is 2.89. The largest absolute Gasteiger partial charge is 0.351 e. The monoisotopic (exact) mass is 251 g/mol. The molecule has 1 amide bonds. The van der Waals surface area contributed by atoms with Crippen molar-refractivity contribution in [3.8, 4) is 0 Å². The van der Waals surface area contributed by atoms with Crippen LogP contribution in [0, 0.1) is 6.92 Å². The smallest absolute Gasteiger partial charge is 0.261 e. The Hall–Kier alpha value is -1.13. The van der Waals surface area contributed by atoms with Gasteiger partial charge in [0.25, 0.3) is 5.91 Å². The summed E-state index contributed by atoms with van der Waals surface area (Å²) in [5.74, 6) is 0.0367. The highest BCUT2D eigenvalue weighted by Crippen LogP contribution is 2.14. The van der Waals surface area contributed by atoms with E-state index in [1.807, 2.05) is 25.1 Å². The predicted molar refractivity (Wildman–Crippen MR) is 69.4 cm³/mol. The topological polar surface area (TPSA) is 29.1 Å². The number of amides is 1. The number of aryl methyl sites for hydroxylation is 1. The number of carbonyl (C=O) groups excluding carboxylic acids is 1. The van der Waals surface area contributed by atoms with E-state index < -0.39 is 0 Å². The summed E-state index contributed by atoms with van der Waals surface area (Å²) in [5, 5.41) is 4.98. The lowest BCUT2D eigenvalue weighted by Crippen LogP contribution is -2.24. The molecule has 0 saturated heterocycles. The van der Waals surface area contributed by atoms with Gasteiger partial charge in [-0.3, -0.25) is 4.79 Å². The highest BCUT2D eigenvalue weighted by atomic mass is 32.1. The molecule has 2 aromatic heterocycles.